The quantitative estimate of drug-likeness (QED) is 0.589. The van der Waals surface area contributed by atoms with Crippen molar-refractivity contribution in [1.82, 2.24) is 15.0 Å². The molecule has 10 nitrogen and oxygen atoms in total. The number of furan rings is 2. The number of hydrogen-bond donors (Lipinski definition) is 1. The summed E-state index contributed by atoms with van der Waals surface area (Å²) in [6, 6.07) is 6.86. The van der Waals surface area contributed by atoms with Crippen LogP contribution in [0.15, 0.2) is 68.7 Å². The molecule has 2 aliphatic rings. The number of esters is 1. The Balaban J connectivity index is 1.40. The second kappa shape index (κ2) is 8.73. The molecule has 1 aliphatic heterocycles. The molecule has 0 saturated heterocycles. The number of carbonyl (C=O) groups excluding carboxylic acids is 2. The van der Waals surface area contributed by atoms with Gasteiger partial charge in [0.2, 0.25) is 0 Å². The lowest BCUT2D eigenvalue weighted by Crippen LogP contribution is -2.34. The van der Waals surface area contributed by atoms with Gasteiger partial charge in [0, 0.05) is 18.3 Å². The third-order valence-electron chi connectivity index (χ3n) is 5.70. The van der Waals surface area contributed by atoms with Crippen molar-refractivity contribution in [3.05, 3.63) is 72.0 Å². The lowest BCUT2D eigenvalue weighted by atomic mass is 9.79. The molecular weight excluding hydrogens is 426 g/mol. The second-order valence-electron chi connectivity index (χ2n) is 7.73. The largest absolute Gasteiger partial charge is 0.467 e. The van der Waals surface area contributed by atoms with Gasteiger partial charge in [-0.15, -0.1) is 0 Å². The molecule has 1 amide bonds. The second-order valence-corrected chi connectivity index (χ2v) is 7.73. The molecule has 33 heavy (non-hydrogen) atoms. The minimum absolute atomic E-state index is 0.0404. The average molecular weight is 447 g/mol. The maximum absolute atomic E-state index is 13.1. The van der Waals surface area contributed by atoms with Crippen LogP contribution in [0.3, 0.4) is 0 Å². The van der Waals surface area contributed by atoms with Crippen LogP contribution in [0, 0.1) is 5.92 Å². The van der Waals surface area contributed by atoms with Gasteiger partial charge in [0.25, 0.3) is 5.91 Å². The number of aromatic nitrogens is 2. The fourth-order valence-electron chi connectivity index (χ4n) is 4.26. The minimum atomic E-state index is -0.828. The maximum Gasteiger partial charge on any atom is 0.361 e. The summed E-state index contributed by atoms with van der Waals surface area (Å²) in [6.07, 6.45) is 10.4. The predicted molar refractivity (Wildman–Crippen MR) is 116 cm³/mol. The van der Waals surface area contributed by atoms with Gasteiger partial charge in [0.15, 0.2) is 18.1 Å². The number of amides is 1. The highest BCUT2D eigenvalue weighted by atomic mass is 16.5. The molecule has 3 aromatic rings. The number of nitrogen functional groups attached to an aromatic ring is 1. The Morgan fingerprint density at radius 3 is 2.76 bits per heavy atom. The summed E-state index contributed by atoms with van der Waals surface area (Å²) in [4.78, 5) is 33.1. The van der Waals surface area contributed by atoms with Crippen molar-refractivity contribution in [2.45, 2.75) is 25.3 Å². The SMILES string of the molecule is Nc1nccnc1C(=O)OCC(=O)N1N=C2/C(=C\c3ccco3)CCCC2C1c1ccco1. The number of fused-ring (bicyclic) bond motifs is 1. The number of rotatable bonds is 5. The fraction of sp³-hybridized carbons (Fsp3) is 0.261. The molecule has 10 heteroatoms. The molecule has 4 heterocycles. The van der Waals surface area contributed by atoms with Gasteiger partial charge >= 0.3 is 5.97 Å². The van der Waals surface area contributed by atoms with Crippen LogP contribution in [-0.4, -0.2) is 39.2 Å². The number of ether oxygens (including phenoxy) is 1. The first kappa shape index (κ1) is 20.7. The highest BCUT2D eigenvalue weighted by Crippen LogP contribution is 2.44. The van der Waals surface area contributed by atoms with Gasteiger partial charge in [-0.05, 0) is 55.2 Å². The molecule has 0 aromatic carbocycles. The molecule has 0 radical (unpaired) electrons. The van der Waals surface area contributed by atoms with E-state index in [0.717, 1.165) is 36.3 Å². The third-order valence-corrected chi connectivity index (χ3v) is 5.70. The zero-order chi connectivity index (χ0) is 22.8. The molecule has 1 fully saturated rings. The monoisotopic (exact) mass is 447 g/mol. The molecule has 2 N–H and O–H groups in total. The molecule has 1 aliphatic carbocycles. The fourth-order valence-corrected chi connectivity index (χ4v) is 4.26. The Kier molecular flexibility index (Phi) is 5.47. The van der Waals surface area contributed by atoms with Crippen LogP contribution in [0.5, 0.6) is 0 Å². The van der Waals surface area contributed by atoms with Crippen LogP contribution in [0.4, 0.5) is 5.82 Å². The average Bonchev–Trinajstić information content (AvgIpc) is 3.58. The summed E-state index contributed by atoms with van der Waals surface area (Å²) in [5.41, 5.74) is 7.36. The smallest absolute Gasteiger partial charge is 0.361 e. The Morgan fingerprint density at radius 1 is 1.18 bits per heavy atom. The molecule has 5 rings (SSSR count). The van der Waals surface area contributed by atoms with Crippen molar-refractivity contribution in [1.29, 1.82) is 0 Å². The van der Waals surface area contributed by atoms with Crippen molar-refractivity contribution in [3.63, 3.8) is 0 Å². The number of allylic oxidation sites excluding steroid dienone is 1. The minimum Gasteiger partial charge on any atom is -0.467 e. The van der Waals surface area contributed by atoms with Crippen molar-refractivity contribution in [2.75, 3.05) is 12.3 Å². The van der Waals surface area contributed by atoms with Crippen LogP contribution in [0.25, 0.3) is 6.08 Å². The molecule has 1 saturated carbocycles. The van der Waals surface area contributed by atoms with E-state index in [4.69, 9.17) is 19.3 Å². The first-order valence-electron chi connectivity index (χ1n) is 10.5. The number of nitrogens with zero attached hydrogens (tertiary/aromatic N) is 4. The summed E-state index contributed by atoms with van der Waals surface area (Å²) in [5, 5.41) is 6.02. The van der Waals surface area contributed by atoms with E-state index in [0.29, 0.717) is 5.76 Å². The number of hydrazone groups is 1. The Labute approximate surface area is 188 Å². The van der Waals surface area contributed by atoms with E-state index in [1.165, 1.54) is 17.4 Å². The highest BCUT2D eigenvalue weighted by molar-refractivity contribution is 6.08. The zero-order valence-corrected chi connectivity index (χ0v) is 17.6. The topological polar surface area (TPSA) is 137 Å². The lowest BCUT2D eigenvalue weighted by molar-refractivity contribution is -0.137. The molecular formula is C23H21N5O5. The van der Waals surface area contributed by atoms with E-state index in [2.05, 4.69) is 15.1 Å². The molecule has 2 unspecified atom stereocenters. The zero-order valence-electron chi connectivity index (χ0n) is 17.6. The van der Waals surface area contributed by atoms with Crippen molar-refractivity contribution in [3.8, 4) is 0 Å². The van der Waals surface area contributed by atoms with Gasteiger partial charge in [-0.2, -0.15) is 5.10 Å². The molecule has 168 valence electrons. The van der Waals surface area contributed by atoms with Crippen molar-refractivity contribution in [2.24, 2.45) is 11.0 Å². The van der Waals surface area contributed by atoms with Crippen LogP contribution < -0.4 is 5.73 Å². The number of hydrogen-bond acceptors (Lipinski definition) is 9. The molecule has 3 aromatic heterocycles. The number of anilines is 1. The van der Waals surface area contributed by atoms with Gasteiger partial charge < -0.3 is 19.3 Å². The van der Waals surface area contributed by atoms with E-state index < -0.39 is 24.5 Å². The summed E-state index contributed by atoms with van der Waals surface area (Å²) in [6.45, 7) is -0.521. The summed E-state index contributed by atoms with van der Waals surface area (Å²) in [7, 11) is 0. The number of nitrogens with two attached hydrogens (primary N) is 1. The first-order valence-corrected chi connectivity index (χ1v) is 10.5. The van der Waals surface area contributed by atoms with Crippen LogP contribution in [0.1, 0.15) is 47.3 Å². The van der Waals surface area contributed by atoms with Gasteiger partial charge in [-0.3, -0.25) is 4.79 Å². The molecule has 2 atom stereocenters. The molecule has 0 bridgehead atoms. The Hall–Kier alpha value is -4.21. The van der Waals surface area contributed by atoms with Crippen LogP contribution in [0.2, 0.25) is 0 Å². The van der Waals surface area contributed by atoms with Gasteiger partial charge in [0.05, 0.1) is 18.2 Å². The van der Waals surface area contributed by atoms with Crippen LogP contribution in [-0.2, 0) is 9.53 Å². The van der Waals surface area contributed by atoms with Gasteiger partial charge in [-0.25, -0.2) is 19.8 Å². The highest BCUT2D eigenvalue weighted by Gasteiger charge is 2.45. The van der Waals surface area contributed by atoms with E-state index in [1.807, 2.05) is 24.3 Å². The summed E-state index contributed by atoms with van der Waals surface area (Å²) < 4.78 is 16.3. The van der Waals surface area contributed by atoms with E-state index in [-0.39, 0.29) is 17.4 Å². The number of carbonyl (C=O) groups is 2. The standard InChI is InChI=1S/C23H21N5O5/c24-22-20(25-8-9-26-22)23(30)33-13-18(29)28-21(17-7-3-11-32-17)16-6-1-4-14(19(16)27-28)12-15-5-2-10-31-15/h2-3,5,7-12,16,21H,1,4,6,13H2,(H2,24,26)/b14-12-. The van der Waals surface area contributed by atoms with E-state index >= 15 is 0 Å². The predicted octanol–water partition coefficient (Wildman–Crippen LogP) is 3.22. The Bertz CT molecular complexity index is 1220. The Morgan fingerprint density at radius 2 is 2.00 bits per heavy atom. The van der Waals surface area contributed by atoms with Gasteiger partial charge in [0.1, 0.15) is 17.6 Å². The van der Waals surface area contributed by atoms with Crippen LogP contribution >= 0.6 is 0 Å². The van der Waals surface area contributed by atoms with E-state index in [9.17, 15) is 9.59 Å². The van der Waals surface area contributed by atoms with Crippen molar-refractivity contribution < 1.29 is 23.2 Å². The normalized spacial score (nSPS) is 21.0. The summed E-state index contributed by atoms with van der Waals surface area (Å²) in [5.74, 6) is -0.0680. The third kappa shape index (κ3) is 4.02. The van der Waals surface area contributed by atoms with Gasteiger partial charge in [-0.1, -0.05) is 0 Å². The maximum atomic E-state index is 13.1. The first-order chi connectivity index (χ1) is 16.1. The van der Waals surface area contributed by atoms with Crippen molar-refractivity contribution >= 4 is 29.5 Å². The summed E-state index contributed by atoms with van der Waals surface area (Å²) >= 11 is 0. The van der Waals surface area contributed by atoms with E-state index in [1.54, 1.807) is 18.6 Å². The lowest BCUT2D eigenvalue weighted by Gasteiger charge is -2.27. The molecule has 0 spiro atoms.